The molecule has 214 valence electrons. The van der Waals surface area contributed by atoms with Crippen molar-refractivity contribution in [2.45, 2.75) is 29.0 Å². The van der Waals surface area contributed by atoms with Gasteiger partial charge in [-0.05, 0) is 42.7 Å². The van der Waals surface area contributed by atoms with E-state index in [-0.39, 0.29) is 17.0 Å². The third-order valence-electron chi connectivity index (χ3n) is 7.32. The van der Waals surface area contributed by atoms with Crippen LogP contribution in [0.5, 0.6) is 0 Å². The van der Waals surface area contributed by atoms with Crippen molar-refractivity contribution in [1.82, 2.24) is 9.47 Å². The fourth-order valence-electron chi connectivity index (χ4n) is 5.08. The lowest BCUT2D eigenvalue weighted by molar-refractivity contribution is 0.0663. The summed E-state index contributed by atoms with van der Waals surface area (Å²) in [4.78, 5) is 18.8. The van der Waals surface area contributed by atoms with Gasteiger partial charge in [0.15, 0.2) is 0 Å². The molecule has 0 bridgehead atoms. The standard InChI is InChI=1S/C32H29N3O4S3/c1-5-19-35-27(21-32(18-8-9-20-33(32)3)39-42(37,38)24-15-12-22(2)13-16-24)41-29(30(35)36)31-34(4)28-25-11-7-6-10-23(25)14-17-26(28)40-31/h5-18,20-21H,1,19H2,2-4H3. The number of benzene rings is 3. The zero-order valence-electron chi connectivity index (χ0n) is 23.4. The molecular formula is C32H29N3O4S3. The average molecular weight is 616 g/mol. The van der Waals surface area contributed by atoms with E-state index in [1.807, 2.05) is 26.1 Å². The predicted molar refractivity (Wildman–Crippen MR) is 172 cm³/mol. The highest BCUT2D eigenvalue weighted by Gasteiger charge is 2.38. The number of nitrogens with zero attached hydrogens (tertiary/aromatic N) is 3. The zero-order valence-corrected chi connectivity index (χ0v) is 25.8. The van der Waals surface area contributed by atoms with Crippen molar-refractivity contribution in [3.05, 3.63) is 123 Å². The molecule has 1 unspecified atom stereocenters. The Morgan fingerprint density at radius 3 is 2.52 bits per heavy atom. The molecule has 42 heavy (non-hydrogen) atoms. The third kappa shape index (κ3) is 4.84. The first-order chi connectivity index (χ1) is 20.1. The Morgan fingerprint density at radius 1 is 1.02 bits per heavy atom. The molecule has 0 fully saturated rings. The fourth-order valence-corrected chi connectivity index (χ4v) is 8.69. The van der Waals surface area contributed by atoms with Gasteiger partial charge in [-0.15, -0.1) is 17.9 Å². The van der Waals surface area contributed by atoms with E-state index >= 15 is 0 Å². The Morgan fingerprint density at radius 2 is 1.79 bits per heavy atom. The van der Waals surface area contributed by atoms with E-state index in [0.29, 0.717) is 9.20 Å². The molecule has 0 aliphatic carbocycles. The van der Waals surface area contributed by atoms with E-state index in [0.717, 1.165) is 31.9 Å². The van der Waals surface area contributed by atoms with Crippen LogP contribution in [0.1, 0.15) is 5.56 Å². The van der Waals surface area contributed by atoms with Crippen LogP contribution in [0.15, 0.2) is 112 Å². The van der Waals surface area contributed by atoms with E-state index < -0.39 is 15.8 Å². The summed E-state index contributed by atoms with van der Waals surface area (Å²) in [5, 5.41) is 3.07. The highest BCUT2D eigenvalue weighted by atomic mass is 32.2. The number of fused-ring (bicyclic) bond motifs is 3. The van der Waals surface area contributed by atoms with Gasteiger partial charge in [0.25, 0.3) is 15.7 Å². The van der Waals surface area contributed by atoms with Crippen LogP contribution in [-0.2, 0) is 20.8 Å². The molecule has 7 nitrogen and oxygen atoms in total. The van der Waals surface area contributed by atoms with E-state index in [2.05, 4.69) is 35.7 Å². The molecule has 2 aliphatic rings. The van der Waals surface area contributed by atoms with Crippen molar-refractivity contribution in [1.29, 1.82) is 0 Å². The predicted octanol–water partition coefficient (Wildman–Crippen LogP) is 4.76. The number of allylic oxidation sites excluding steroid dienone is 3. The quantitative estimate of drug-likeness (QED) is 0.229. The second-order valence-corrected chi connectivity index (χ2v) is 13.7. The van der Waals surface area contributed by atoms with E-state index in [9.17, 15) is 13.2 Å². The molecule has 1 atom stereocenters. The number of hydrogen-bond donors (Lipinski definition) is 0. The van der Waals surface area contributed by atoms with Gasteiger partial charge in [-0.3, -0.25) is 9.36 Å². The molecule has 0 radical (unpaired) electrons. The Labute approximate surface area is 252 Å². The van der Waals surface area contributed by atoms with Gasteiger partial charge in [0.2, 0.25) is 5.72 Å². The lowest BCUT2D eigenvalue weighted by Gasteiger charge is -2.36. The van der Waals surface area contributed by atoms with Gasteiger partial charge >= 0.3 is 0 Å². The molecule has 3 aromatic carbocycles. The molecular weight excluding hydrogens is 587 g/mol. The summed E-state index contributed by atoms with van der Waals surface area (Å²) in [6.45, 7) is 6.00. The minimum atomic E-state index is -4.18. The van der Waals surface area contributed by atoms with E-state index in [1.54, 1.807) is 77.0 Å². The number of hydrogen-bond acceptors (Lipinski definition) is 8. The van der Waals surface area contributed by atoms with Crippen molar-refractivity contribution >= 4 is 60.8 Å². The van der Waals surface area contributed by atoms with Crippen molar-refractivity contribution in [3.63, 3.8) is 0 Å². The molecule has 4 aromatic rings. The molecule has 2 aliphatic heterocycles. The van der Waals surface area contributed by atoms with E-state index in [4.69, 9.17) is 4.18 Å². The van der Waals surface area contributed by atoms with Gasteiger partial charge in [-0.2, -0.15) is 8.42 Å². The minimum Gasteiger partial charge on any atom is -0.345 e. The summed E-state index contributed by atoms with van der Waals surface area (Å²) in [7, 11) is -0.463. The van der Waals surface area contributed by atoms with Gasteiger partial charge < -0.3 is 9.80 Å². The van der Waals surface area contributed by atoms with Gasteiger partial charge in [0, 0.05) is 43.2 Å². The maximum Gasteiger partial charge on any atom is 0.299 e. The fraction of sp³-hybridized carbons (Fsp3) is 0.156. The highest BCUT2D eigenvalue weighted by molar-refractivity contribution is 8.08. The van der Waals surface area contributed by atoms with Gasteiger partial charge in [0.05, 0.1) is 10.6 Å². The summed E-state index contributed by atoms with van der Waals surface area (Å²) < 4.78 is 35.7. The SMILES string of the molecule is C=CCn1c(=CC2(OS(=O)(=O)c3ccc(C)cc3)C=CC=CN2C)sc(=C2Sc3ccc4ccccc4c3N2C)c1=O. The van der Waals surface area contributed by atoms with Crippen LogP contribution in [-0.4, -0.2) is 37.7 Å². The molecule has 3 heterocycles. The summed E-state index contributed by atoms with van der Waals surface area (Å²) >= 11 is 2.87. The minimum absolute atomic E-state index is 0.0529. The Hall–Kier alpha value is -3.83. The molecule has 1 aromatic heterocycles. The van der Waals surface area contributed by atoms with E-state index in [1.165, 1.54) is 23.5 Å². The molecule has 0 amide bonds. The zero-order chi connectivity index (χ0) is 29.6. The van der Waals surface area contributed by atoms with Crippen molar-refractivity contribution in [2.24, 2.45) is 0 Å². The van der Waals surface area contributed by atoms with Gasteiger partial charge in [0.1, 0.15) is 14.2 Å². The Bertz CT molecular complexity index is 2080. The number of likely N-dealkylation sites (N-methyl/N-ethyl adjacent to an activating group) is 1. The van der Waals surface area contributed by atoms with Crippen LogP contribution >= 0.6 is 23.1 Å². The molecule has 10 heteroatoms. The summed E-state index contributed by atoms with van der Waals surface area (Å²) in [6, 6.07) is 18.9. The average Bonchev–Trinajstić information content (AvgIpc) is 3.46. The van der Waals surface area contributed by atoms with Crippen molar-refractivity contribution < 1.29 is 12.6 Å². The molecule has 0 saturated carbocycles. The van der Waals surface area contributed by atoms with Crippen LogP contribution < -0.4 is 19.7 Å². The van der Waals surface area contributed by atoms with Gasteiger partial charge in [-0.25, -0.2) is 4.18 Å². The number of thiazole rings is 1. The second-order valence-electron chi connectivity index (χ2n) is 10.1. The number of aromatic nitrogens is 1. The van der Waals surface area contributed by atoms with Crippen LogP contribution in [0.25, 0.3) is 21.9 Å². The molecule has 0 spiro atoms. The topological polar surface area (TPSA) is 71.8 Å². The van der Waals surface area contributed by atoms with Crippen LogP contribution in [0.2, 0.25) is 0 Å². The second kappa shape index (κ2) is 10.8. The summed E-state index contributed by atoms with van der Waals surface area (Å²) in [6.07, 6.45) is 10.3. The maximum atomic E-state index is 13.9. The molecule has 6 rings (SSSR count). The number of thioether (sulfide) groups is 1. The van der Waals surface area contributed by atoms with Crippen LogP contribution in [0, 0.1) is 6.92 Å². The first kappa shape index (κ1) is 28.3. The lowest BCUT2D eigenvalue weighted by atomic mass is 10.1. The summed E-state index contributed by atoms with van der Waals surface area (Å²) in [5.41, 5.74) is 0.321. The molecule has 0 N–H and O–H groups in total. The lowest BCUT2D eigenvalue weighted by Crippen LogP contribution is -2.46. The largest absolute Gasteiger partial charge is 0.345 e. The van der Waals surface area contributed by atoms with Crippen molar-refractivity contribution in [3.8, 4) is 0 Å². The third-order valence-corrected chi connectivity index (χ3v) is 11.1. The molecule has 0 saturated heterocycles. The first-order valence-electron chi connectivity index (χ1n) is 13.3. The van der Waals surface area contributed by atoms with Crippen LogP contribution in [0.4, 0.5) is 5.69 Å². The smallest absolute Gasteiger partial charge is 0.299 e. The number of aryl methyl sites for hydroxylation is 1. The number of rotatable bonds is 6. The number of anilines is 1. The first-order valence-corrected chi connectivity index (χ1v) is 16.3. The van der Waals surface area contributed by atoms with Crippen LogP contribution in [0.3, 0.4) is 0 Å². The van der Waals surface area contributed by atoms with Gasteiger partial charge in [-0.1, -0.05) is 71.9 Å². The maximum absolute atomic E-state index is 13.9. The highest BCUT2D eigenvalue weighted by Crippen LogP contribution is 2.48. The normalized spacial score (nSPS) is 20.0. The Kier molecular flexibility index (Phi) is 7.26. The summed E-state index contributed by atoms with van der Waals surface area (Å²) in [5.74, 6) is 0. The Balaban J connectivity index is 1.54. The monoisotopic (exact) mass is 615 g/mol. The van der Waals surface area contributed by atoms with Crippen molar-refractivity contribution in [2.75, 3.05) is 19.0 Å².